The third kappa shape index (κ3) is 5.99. The van der Waals surface area contributed by atoms with Crippen LogP contribution in [0.5, 0.6) is 11.6 Å². The molecule has 0 unspecified atom stereocenters. The van der Waals surface area contributed by atoms with Gasteiger partial charge in [0.2, 0.25) is 5.88 Å². The molecule has 2 aromatic heterocycles. The Kier molecular flexibility index (Phi) is 8.17. The van der Waals surface area contributed by atoms with Crippen LogP contribution in [0.3, 0.4) is 0 Å². The maximum atomic E-state index is 11.6. The van der Waals surface area contributed by atoms with Crippen molar-refractivity contribution in [3.8, 4) is 22.9 Å². The van der Waals surface area contributed by atoms with Crippen molar-refractivity contribution in [3.05, 3.63) is 86.0 Å². The number of rotatable bonds is 9. The molecule has 43 heavy (non-hydrogen) atoms. The largest absolute Gasteiger partial charge is 0.489 e. The topological polar surface area (TPSA) is 118 Å². The lowest BCUT2D eigenvalue weighted by molar-refractivity contribution is 0.0117. The number of carboxylic acids is 1. The van der Waals surface area contributed by atoms with Crippen molar-refractivity contribution in [1.82, 2.24) is 10.1 Å². The van der Waals surface area contributed by atoms with Crippen molar-refractivity contribution < 1.29 is 29.0 Å². The number of hydrogen-bond donors (Lipinski definition) is 2. The highest BCUT2D eigenvalue weighted by atomic mass is 35.5. The van der Waals surface area contributed by atoms with Gasteiger partial charge >= 0.3 is 5.97 Å². The van der Waals surface area contributed by atoms with Gasteiger partial charge in [0, 0.05) is 36.2 Å². The van der Waals surface area contributed by atoms with E-state index in [-0.39, 0.29) is 24.0 Å². The number of aromatic nitrogens is 2. The van der Waals surface area contributed by atoms with Gasteiger partial charge in [-0.1, -0.05) is 52.1 Å². The van der Waals surface area contributed by atoms with Crippen LogP contribution in [0.25, 0.3) is 11.3 Å². The predicted molar refractivity (Wildman–Crippen MR) is 163 cm³/mol. The van der Waals surface area contributed by atoms with Gasteiger partial charge in [0.1, 0.15) is 29.6 Å². The summed E-state index contributed by atoms with van der Waals surface area (Å²) >= 11 is 19.7. The first kappa shape index (κ1) is 29.6. The fourth-order valence-electron chi connectivity index (χ4n) is 5.42. The summed E-state index contributed by atoms with van der Waals surface area (Å²) in [7, 11) is 1.44. The number of anilines is 1. The molecule has 224 valence electrons. The third-order valence-electron chi connectivity index (χ3n) is 7.95. The van der Waals surface area contributed by atoms with Gasteiger partial charge in [-0.15, -0.1) is 0 Å². The Balaban J connectivity index is 1.18. The highest BCUT2D eigenvalue weighted by molar-refractivity contribution is 6.39. The Morgan fingerprint density at radius 3 is 2.42 bits per heavy atom. The first-order valence-corrected chi connectivity index (χ1v) is 14.9. The number of ether oxygens (including phenoxy) is 2. The third-order valence-corrected chi connectivity index (χ3v) is 8.89. The van der Waals surface area contributed by atoms with Crippen molar-refractivity contribution in [2.24, 2.45) is 0 Å². The van der Waals surface area contributed by atoms with Gasteiger partial charge < -0.3 is 29.1 Å². The lowest BCUT2D eigenvalue weighted by Crippen LogP contribution is -2.43. The Morgan fingerprint density at radius 1 is 1.07 bits per heavy atom. The van der Waals surface area contributed by atoms with E-state index in [1.165, 1.54) is 19.2 Å². The molecule has 0 bridgehead atoms. The Morgan fingerprint density at radius 2 is 1.79 bits per heavy atom. The molecule has 2 N–H and O–H groups in total. The molecule has 9 nitrogen and oxygen atoms in total. The number of nitrogens with zero attached hydrogens (tertiary/aromatic N) is 3. The zero-order valence-electron chi connectivity index (χ0n) is 23.1. The number of carboxylic acid groups (broad SMARTS) is 1. The van der Waals surface area contributed by atoms with Gasteiger partial charge in [-0.3, -0.25) is 0 Å². The van der Waals surface area contributed by atoms with E-state index in [2.05, 4.69) is 10.1 Å². The number of aliphatic hydroxyl groups is 1. The highest BCUT2D eigenvalue weighted by Crippen LogP contribution is 2.46. The Hall–Kier alpha value is -3.50. The van der Waals surface area contributed by atoms with Crippen LogP contribution in [0.15, 0.2) is 53.1 Å². The van der Waals surface area contributed by atoms with Crippen LogP contribution in [0.2, 0.25) is 15.1 Å². The van der Waals surface area contributed by atoms with Crippen LogP contribution in [0.4, 0.5) is 5.82 Å². The molecule has 1 saturated heterocycles. The van der Waals surface area contributed by atoms with E-state index in [1.54, 1.807) is 36.4 Å². The summed E-state index contributed by atoms with van der Waals surface area (Å²) < 4.78 is 17.1. The number of methoxy groups -OCH3 is 1. The molecule has 6 rings (SSSR count). The molecular weight excluding hydrogens is 617 g/mol. The second-order valence-electron chi connectivity index (χ2n) is 10.8. The van der Waals surface area contributed by atoms with Crippen LogP contribution in [-0.4, -0.2) is 46.5 Å². The summed E-state index contributed by atoms with van der Waals surface area (Å²) in [6.45, 7) is 1.05. The Bertz CT molecular complexity index is 1660. The molecule has 2 aliphatic rings. The molecule has 3 heterocycles. The SMILES string of the molecule is COc1cc(C(=O)O)cc(N2CCC(O)(c3ccc(OCc4c(-c5c(Cl)cccc5Cl)noc4C4CC4)cc3Cl)CC2)n1. The van der Waals surface area contributed by atoms with E-state index in [1.807, 2.05) is 4.90 Å². The van der Waals surface area contributed by atoms with Crippen molar-refractivity contribution >= 4 is 46.6 Å². The second-order valence-corrected chi connectivity index (χ2v) is 12.0. The molecule has 2 aromatic carbocycles. The molecule has 1 aliphatic heterocycles. The second kappa shape index (κ2) is 11.9. The standard InChI is InChI=1S/C31H28Cl3N3O6/c1-41-26-14-18(30(38)39)13-25(35-26)37-11-9-31(40,10-12-37)21-8-7-19(15-24(21)34)42-16-20-28(36-43-29(20)17-5-6-17)27-22(32)3-2-4-23(27)33/h2-4,7-8,13-15,17,40H,5-6,9-12,16H2,1H3,(H,38,39). The number of pyridine rings is 1. The minimum Gasteiger partial charge on any atom is -0.489 e. The summed E-state index contributed by atoms with van der Waals surface area (Å²) in [5, 5.41) is 26.7. The molecule has 0 spiro atoms. The van der Waals surface area contributed by atoms with Crippen LogP contribution in [0, 0.1) is 0 Å². The molecule has 1 saturated carbocycles. The fraction of sp³-hybridized carbons (Fsp3) is 0.323. The normalized spacial score (nSPS) is 16.3. The number of benzene rings is 2. The van der Waals surface area contributed by atoms with Crippen molar-refractivity contribution in [1.29, 1.82) is 0 Å². The van der Waals surface area contributed by atoms with E-state index in [0.29, 0.717) is 69.4 Å². The summed E-state index contributed by atoms with van der Waals surface area (Å²) in [6.07, 6.45) is 2.76. The molecule has 12 heteroatoms. The minimum absolute atomic E-state index is 0.0823. The molecule has 0 amide bonds. The smallest absolute Gasteiger partial charge is 0.336 e. The summed E-state index contributed by atoms with van der Waals surface area (Å²) in [4.78, 5) is 17.9. The first-order valence-electron chi connectivity index (χ1n) is 13.8. The highest BCUT2D eigenvalue weighted by Gasteiger charge is 2.37. The number of carbonyl (C=O) groups is 1. The molecule has 1 aliphatic carbocycles. The quantitative estimate of drug-likeness (QED) is 0.193. The fourth-order valence-corrected chi connectivity index (χ4v) is 6.35. The van der Waals surface area contributed by atoms with E-state index in [9.17, 15) is 15.0 Å². The average molecular weight is 645 g/mol. The number of halogens is 3. The van der Waals surface area contributed by atoms with Crippen molar-refractivity contribution in [2.45, 2.75) is 43.8 Å². The van der Waals surface area contributed by atoms with Crippen LogP contribution in [-0.2, 0) is 12.2 Å². The monoisotopic (exact) mass is 643 g/mol. The minimum atomic E-state index is -1.18. The summed E-state index contributed by atoms with van der Waals surface area (Å²) in [5.74, 6) is 1.21. The van der Waals surface area contributed by atoms with Crippen LogP contribution in [0.1, 0.15) is 58.8 Å². The Labute approximate surface area is 262 Å². The number of piperidine rings is 1. The maximum Gasteiger partial charge on any atom is 0.336 e. The molecule has 0 atom stereocenters. The van der Waals surface area contributed by atoms with E-state index >= 15 is 0 Å². The lowest BCUT2D eigenvalue weighted by Gasteiger charge is -2.39. The van der Waals surface area contributed by atoms with Gasteiger partial charge in [0.15, 0.2) is 0 Å². The molecule has 2 fully saturated rings. The first-order chi connectivity index (χ1) is 20.7. The van der Waals surface area contributed by atoms with Gasteiger partial charge in [0.05, 0.1) is 38.9 Å². The molecular formula is C31H28Cl3N3O6. The van der Waals surface area contributed by atoms with Crippen molar-refractivity contribution in [3.63, 3.8) is 0 Å². The maximum absolute atomic E-state index is 11.6. The van der Waals surface area contributed by atoms with Gasteiger partial charge in [-0.2, -0.15) is 4.98 Å². The number of aromatic carboxylic acids is 1. The molecule has 0 radical (unpaired) electrons. The van der Waals surface area contributed by atoms with Crippen LogP contribution >= 0.6 is 34.8 Å². The van der Waals surface area contributed by atoms with E-state index in [4.69, 9.17) is 48.8 Å². The zero-order chi connectivity index (χ0) is 30.3. The average Bonchev–Trinajstić information content (AvgIpc) is 3.76. The van der Waals surface area contributed by atoms with Gasteiger partial charge in [0.25, 0.3) is 0 Å². The van der Waals surface area contributed by atoms with Gasteiger partial charge in [-0.05, 0) is 56.0 Å². The van der Waals surface area contributed by atoms with Gasteiger partial charge in [-0.25, -0.2) is 4.79 Å². The summed E-state index contributed by atoms with van der Waals surface area (Å²) in [6, 6.07) is 13.4. The lowest BCUT2D eigenvalue weighted by atomic mass is 9.84. The van der Waals surface area contributed by atoms with Crippen LogP contribution < -0.4 is 14.4 Å². The van der Waals surface area contributed by atoms with Crippen molar-refractivity contribution in [2.75, 3.05) is 25.1 Å². The summed E-state index contributed by atoms with van der Waals surface area (Å²) in [5.41, 5.74) is 1.45. The predicted octanol–water partition coefficient (Wildman–Crippen LogP) is 7.35. The zero-order valence-corrected chi connectivity index (χ0v) is 25.4. The molecule has 4 aromatic rings. The van der Waals surface area contributed by atoms with E-state index in [0.717, 1.165) is 24.2 Å². The van der Waals surface area contributed by atoms with E-state index < -0.39 is 11.6 Å². The number of hydrogen-bond acceptors (Lipinski definition) is 8.